The molecule has 1 N–H and O–H groups in total. The van der Waals surface area contributed by atoms with Crippen molar-refractivity contribution < 1.29 is 19.2 Å². The van der Waals surface area contributed by atoms with Gasteiger partial charge in [0.15, 0.2) is 0 Å². The van der Waals surface area contributed by atoms with Crippen LogP contribution in [0.15, 0.2) is 16.7 Å². The number of hydrogen-bond acceptors (Lipinski definition) is 6. The van der Waals surface area contributed by atoms with E-state index < -0.39 is 6.10 Å². The van der Waals surface area contributed by atoms with Gasteiger partial charge in [-0.15, -0.1) is 0 Å². The minimum absolute atomic E-state index is 0.162. The highest BCUT2D eigenvalue weighted by molar-refractivity contribution is 5.76. The second-order valence-corrected chi connectivity index (χ2v) is 8.85. The van der Waals surface area contributed by atoms with Crippen LogP contribution >= 0.6 is 0 Å². The Bertz CT molecular complexity index is 906. The van der Waals surface area contributed by atoms with E-state index >= 15 is 0 Å². The predicted octanol–water partition coefficient (Wildman–Crippen LogP) is 2.91. The molecule has 2 fully saturated rings. The first kappa shape index (κ1) is 20.8. The standard InChI is InChI=1S/C23H31N3O4/c1-13-5-7-21(15(3)24-13)29-22-10-18-12-26(11-17(18)9-20(22)27)23(28)8-6-19-14(2)25-30-16(19)4/h5,7,17-18,20,22,27H,6,8-12H2,1-4H3/t17-,18+,20+,22+/m0/s1. The molecule has 4 atom stereocenters. The van der Waals surface area contributed by atoms with E-state index in [0.717, 1.165) is 53.7 Å². The van der Waals surface area contributed by atoms with Crippen molar-refractivity contribution in [2.45, 2.75) is 65.6 Å². The SMILES string of the molecule is Cc1ccc(O[C@@H]2C[C@@H]3CN(C(=O)CCc4c(C)noc4C)C[C@@H]3C[C@H]2O)c(C)n1. The molecule has 30 heavy (non-hydrogen) atoms. The van der Waals surface area contributed by atoms with Gasteiger partial charge >= 0.3 is 0 Å². The van der Waals surface area contributed by atoms with Gasteiger partial charge in [-0.25, -0.2) is 0 Å². The quantitative estimate of drug-likeness (QED) is 0.811. The first-order valence-corrected chi connectivity index (χ1v) is 10.8. The number of carbonyl (C=O) groups is 1. The molecule has 7 nitrogen and oxygen atoms in total. The first-order valence-electron chi connectivity index (χ1n) is 10.8. The van der Waals surface area contributed by atoms with Crippen molar-refractivity contribution in [3.05, 3.63) is 40.5 Å². The average molecular weight is 414 g/mol. The summed E-state index contributed by atoms with van der Waals surface area (Å²) >= 11 is 0. The zero-order valence-corrected chi connectivity index (χ0v) is 18.2. The van der Waals surface area contributed by atoms with Crippen molar-refractivity contribution in [3.8, 4) is 5.75 Å². The lowest BCUT2D eigenvalue weighted by Gasteiger charge is -2.35. The van der Waals surface area contributed by atoms with Gasteiger partial charge in [0.25, 0.3) is 0 Å². The molecule has 1 amide bonds. The maximum absolute atomic E-state index is 12.8. The van der Waals surface area contributed by atoms with Crippen molar-refractivity contribution >= 4 is 5.91 Å². The Morgan fingerprint density at radius 2 is 1.90 bits per heavy atom. The summed E-state index contributed by atoms with van der Waals surface area (Å²) in [5.74, 6) is 2.38. The molecule has 1 aliphatic heterocycles. The van der Waals surface area contributed by atoms with E-state index in [0.29, 0.717) is 31.1 Å². The maximum Gasteiger partial charge on any atom is 0.222 e. The summed E-state index contributed by atoms with van der Waals surface area (Å²) in [7, 11) is 0. The summed E-state index contributed by atoms with van der Waals surface area (Å²) in [6.07, 6.45) is 1.75. The van der Waals surface area contributed by atoms with Crippen LogP contribution in [0.4, 0.5) is 0 Å². The summed E-state index contributed by atoms with van der Waals surface area (Å²) in [4.78, 5) is 19.2. The number of aliphatic hydroxyl groups is 1. The van der Waals surface area contributed by atoms with Gasteiger partial charge in [-0.3, -0.25) is 9.78 Å². The number of carbonyl (C=O) groups excluding carboxylic acids is 1. The number of fused-ring (bicyclic) bond motifs is 1. The van der Waals surface area contributed by atoms with Crippen LogP contribution in [0, 0.1) is 39.5 Å². The molecular weight excluding hydrogens is 382 g/mol. The minimum atomic E-state index is -0.524. The smallest absolute Gasteiger partial charge is 0.222 e. The Kier molecular flexibility index (Phi) is 5.82. The summed E-state index contributed by atoms with van der Waals surface area (Å²) in [6, 6.07) is 3.85. The lowest BCUT2D eigenvalue weighted by molar-refractivity contribution is -0.130. The number of nitrogens with zero attached hydrogens (tertiary/aromatic N) is 3. The molecule has 4 rings (SSSR count). The molecule has 7 heteroatoms. The molecule has 1 saturated carbocycles. The summed E-state index contributed by atoms with van der Waals surface area (Å²) in [5, 5.41) is 14.6. The second kappa shape index (κ2) is 8.38. The van der Waals surface area contributed by atoms with Crippen LogP contribution in [0.2, 0.25) is 0 Å². The van der Waals surface area contributed by atoms with Crippen LogP contribution < -0.4 is 4.74 Å². The molecule has 1 saturated heterocycles. The Hall–Kier alpha value is -2.41. The van der Waals surface area contributed by atoms with Gasteiger partial charge in [-0.2, -0.15) is 0 Å². The molecule has 2 aromatic heterocycles. The molecule has 2 aromatic rings. The fourth-order valence-corrected chi connectivity index (χ4v) is 4.93. The third-order valence-corrected chi connectivity index (χ3v) is 6.66. The highest BCUT2D eigenvalue weighted by atomic mass is 16.5. The van der Waals surface area contributed by atoms with Crippen molar-refractivity contribution in [2.75, 3.05) is 13.1 Å². The largest absolute Gasteiger partial charge is 0.486 e. The molecular formula is C23H31N3O4. The Labute approximate surface area is 177 Å². The monoisotopic (exact) mass is 413 g/mol. The number of rotatable bonds is 5. The fraction of sp³-hybridized carbons (Fsp3) is 0.609. The lowest BCUT2D eigenvalue weighted by atomic mass is 9.78. The van der Waals surface area contributed by atoms with E-state index in [4.69, 9.17) is 9.26 Å². The van der Waals surface area contributed by atoms with Crippen molar-refractivity contribution in [1.82, 2.24) is 15.0 Å². The van der Waals surface area contributed by atoms with E-state index in [1.807, 2.05) is 44.7 Å². The van der Waals surface area contributed by atoms with E-state index in [2.05, 4.69) is 10.1 Å². The van der Waals surface area contributed by atoms with Crippen molar-refractivity contribution in [1.29, 1.82) is 0 Å². The van der Waals surface area contributed by atoms with Crippen LogP contribution in [0.3, 0.4) is 0 Å². The topological polar surface area (TPSA) is 88.7 Å². The lowest BCUT2D eigenvalue weighted by Crippen LogP contribution is -2.42. The van der Waals surface area contributed by atoms with Gasteiger partial charge in [0, 0.05) is 30.8 Å². The minimum Gasteiger partial charge on any atom is -0.486 e. The number of hydrogen-bond donors (Lipinski definition) is 1. The van der Waals surface area contributed by atoms with Crippen LogP contribution in [0.5, 0.6) is 5.75 Å². The average Bonchev–Trinajstić information content (AvgIpc) is 3.25. The zero-order valence-electron chi connectivity index (χ0n) is 18.2. The molecule has 1 aliphatic carbocycles. The number of amides is 1. The van der Waals surface area contributed by atoms with Crippen LogP contribution in [-0.2, 0) is 11.2 Å². The molecule has 3 heterocycles. The summed E-state index contributed by atoms with van der Waals surface area (Å²) in [5.41, 5.74) is 3.68. The molecule has 0 aromatic carbocycles. The van der Waals surface area contributed by atoms with Gasteiger partial charge in [0.05, 0.1) is 17.5 Å². The number of aromatic nitrogens is 2. The van der Waals surface area contributed by atoms with E-state index in [9.17, 15) is 9.90 Å². The maximum atomic E-state index is 12.8. The molecule has 0 spiro atoms. The van der Waals surface area contributed by atoms with E-state index in [1.165, 1.54) is 0 Å². The second-order valence-electron chi connectivity index (χ2n) is 8.85. The number of aryl methyl sites for hydroxylation is 4. The van der Waals surface area contributed by atoms with Crippen molar-refractivity contribution in [3.63, 3.8) is 0 Å². The summed E-state index contributed by atoms with van der Waals surface area (Å²) in [6.45, 7) is 9.13. The number of aliphatic hydroxyl groups excluding tert-OH is 1. The van der Waals surface area contributed by atoms with Crippen LogP contribution in [0.1, 0.15) is 47.7 Å². The van der Waals surface area contributed by atoms with E-state index in [1.54, 1.807) is 0 Å². The molecule has 2 aliphatic rings. The molecule has 0 bridgehead atoms. The van der Waals surface area contributed by atoms with Gasteiger partial charge in [-0.1, -0.05) is 5.16 Å². The Morgan fingerprint density at radius 1 is 1.17 bits per heavy atom. The molecule has 162 valence electrons. The number of pyridine rings is 1. The normalized spacial score (nSPS) is 26.0. The van der Waals surface area contributed by atoms with Gasteiger partial charge in [0.1, 0.15) is 17.6 Å². The van der Waals surface area contributed by atoms with Gasteiger partial charge in [-0.05, 0) is 70.9 Å². The highest BCUT2D eigenvalue weighted by Gasteiger charge is 2.43. The Morgan fingerprint density at radius 3 is 2.57 bits per heavy atom. The third kappa shape index (κ3) is 4.21. The van der Waals surface area contributed by atoms with Gasteiger partial charge < -0.3 is 19.3 Å². The van der Waals surface area contributed by atoms with Crippen LogP contribution in [-0.4, -0.2) is 51.4 Å². The van der Waals surface area contributed by atoms with Gasteiger partial charge in [0.2, 0.25) is 5.91 Å². The first-order chi connectivity index (χ1) is 14.3. The van der Waals surface area contributed by atoms with Crippen molar-refractivity contribution in [2.24, 2.45) is 11.8 Å². The predicted molar refractivity (Wildman–Crippen MR) is 111 cm³/mol. The summed E-state index contributed by atoms with van der Waals surface area (Å²) < 4.78 is 11.3. The fourth-order valence-electron chi connectivity index (χ4n) is 4.93. The number of ether oxygens (including phenoxy) is 1. The molecule has 0 unspecified atom stereocenters. The highest BCUT2D eigenvalue weighted by Crippen LogP contribution is 2.38. The van der Waals surface area contributed by atoms with E-state index in [-0.39, 0.29) is 12.0 Å². The zero-order chi connectivity index (χ0) is 21.4. The number of likely N-dealkylation sites (tertiary alicyclic amines) is 1. The Balaban J connectivity index is 1.35. The van der Waals surface area contributed by atoms with Crippen LogP contribution in [0.25, 0.3) is 0 Å². The molecule has 0 radical (unpaired) electrons. The third-order valence-electron chi connectivity index (χ3n) is 6.66.